The third-order valence-electron chi connectivity index (χ3n) is 3.89. The number of carbonyl (C=O) groups excluding carboxylic acids is 1. The van der Waals surface area contributed by atoms with Gasteiger partial charge in [-0.25, -0.2) is 0 Å². The zero-order valence-corrected chi connectivity index (χ0v) is 18.6. The first-order valence-corrected chi connectivity index (χ1v) is 8.47. The van der Waals surface area contributed by atoms with Crippen LogP contribution in [0.1, 0.15) is 11.1 Å². The van der Waals surface area contributed by atoms with Gasteiger partial charge in [0, 0.05) is 37.5 Å². The molecule has 148 valence electrons. The lowest BCUT2D eigenvalue weighted by atomic mass is 10.2. The molecule has 2 aromatic rings. The number of aliphatic imine (C=N–C) groups is 1. The largest absolute Gasteiger partial charge is 0.496 e. The number of guanidine groups is 1. The topological polar surface area (TPSA) is 66.0 Å². The number of nitrogens with one attached hydrogen (secondary N) is 2. The van der Waals surface area contributed by atoms with Crippen LogP contribution in [0.5, 0.6) is 5.75 Å². The first kappa shape index (κ1) is 23.3. The van der Waals surface area contributed by atoms with Crippen LogP contribution >= 0.6 is 24.0 Å². The molecule has 0 bridgehead atoms. The van der Waals surface area contributed by atoms with Gasteiger partial charge in [0.15, 0.2) is 5.96 Å². The van der Waals surface area contributed by atoms with Gasteiger partial charge in [-0.15, -0.1) is 30.4 Å². The number of carbonyl (C=O) groups is 1. The fraction of sp³-hybridized carbons (Fsp3) is 0.238. The summed E-state index contributed by atoms with van der Waals surface area (Å²) in [4.78, 5) is 18.3. The molecule has 2 N–H and O–H groups in total. The van der Waals surface area contributed by atoms with E-state index in [9.17, 15) is 4.79 Å². The lowest BCUT2D eigenvalue weighted by Gasteiger charge is -2.23. The number of nitrogens with zero attached hydrogens (tertiary/aromatic N) is 2. The van der Waals surface area contributed by atoms with Crippen LogP contribution in [0.2, 0.25) is 0 Å². The molecule has 0 saturated carbocycles. The first-order valence-electron chi connectivity index (χ1n) is 8.47. The molecule has 0 aliphatic heterocycles. The van der Waals surface area contributed by atoms with Crippen molar-refractivity contribution in [3.63, 3.8) is 0 Å². The minimum atomic E-state index is -0.184. The van der Waals surface area contributed by atoms with Crippen LogP contribution in [-0.2, 0) is 11.3 Å². The van der Waals surface area contributed by atoms with E-state index in [2.05, 4.69) is 21.5 Å². The van der Waals surface area contributed by atoms with Gasteiger partial charge in [0.2, 0.25) is 5.91 Å². The quantitative estimate of drug-likeness (QED) is 0.282. The van der Waals surface area contributed by atoms with Gasteiger partial charge in [-0.2, -0.15) is 0 Å². The predicted octanol–water partition coefficient (Wildman–Crippen LogP) is 2.94. The number of hydrogen-bond acceptors (Lipinski definition) is 3. The average molecular weight is 492 g/mol. The van der Waals surface area contributed by atoms with E-state index in [1.165, 1.54) is 0 Å². The monoisotopic (exact) mass is 492 g/mol. The van der Waals surface area contributed by atoms with E-state index >= 15 is 0 Å². The number of para-hydroxylation sites is 1. The number of halogens is 1. The van der Waals surface area contributed by atoms with E-state index < -0.39 is 0 Å². The van der Waals surface area contributed by atoms with E-state index in [-0.39, 0.29) is 36.4 Å². The lowest BCUT2D eigenvalue weighted by molar-refractivity contribution is -0.115. The van der Waals surface area contributed by atoms with Crippen molar-refractivity contribution in [3.05, 3.63) is 59.7 Å². The van der Waals surface area contributed by atoms with Crippen LogP contribution in [0.3, 0.4) is 0 Å². The molecule has 2 rings (SSSR count). The molecule has 28 heavy (non-hydrogen) atoms. The molecule has 0 atom stereocenters. The van der Waals surface area contributed by atoms with E-state index in [4.69, 9.17) is 11.2 Å². The fourth-order valence-corrected chi connectivity index (χ4v) is 2.60. The second-order valence-corrected chi connectivity index (χ2v) is 5.84. The van der Waals surface area contributed by atoms with Crippen molar-refractivity contribution in [2.24, 2.45) is 4.99 Å². The summed E-state index contributed by atoms with van der Waals surface area (Å²) in [5.41, 5.74) is 2.41. The molecule has 2 aromatic carbocycles. The van der Waals surface area contributed by atoms with Crippen LogP contribution in [0.25, 0.3) is 0 Å². The van der Waals surface area contributed by atoms with Crippen molar-refractivity contribution in [1.29, 1.82) is 0 Å². The number of anilines is 1. The zero-order chi connectivity index (χ0) is 19.6. The molecule has 0 radical (unpaired) electrons. The van der Waals surface area contributed by atoms with Crippen molar-refractivity contribution < 1.29 is 9.53 Å². The SMILES string of the molecule is C#Cc1cccc(NC(=O)CNC(=NC)N(C)Cc2ccccc2OC)c1.I. The average Bonchev–Trinajstić information content (AvgIpc) is 2.69. The Bertz CT molecular complexity index is 861. The van der Waals surface area contributed by atoms with Crippen molar-refractivity contribution in [3.8, 4) is 18.1 Å². The molecular weight excluding hydrogens is 467 g/mol. The maximum absolute atomic E-state index is 12.2. The number of hydrogen-bond donors (Lipinski definition) is 2. The standard InChI is InChI=1S/C21H24N4O2.HI/c1-5-16-9-8-11-18(13-16)24-20(26)14-23-21(22-2)25(3)15-17-10-6-7-12-19(17)27-4;/h1,6-13H,14-15H2,2-4H3,(H,22,23)(H,24,26);1H. The second-order valence-electron chi connectivity index (χ2n) is 5.84. The van der Waals surface area contributed by atoms with Crippen molar-refractivity contribution in [2.45, 2.75) is 6.54 Å². The summed E-state index contributed by atoms with van der Waals surface area (Å²) in [6.45, 7) is 0.679. The summed E-state index contributed by atoms with van der Waals surface area (Å²) < 4.78 is 5.38. The Morgan fingerprint density at radius 1 is 1.25 bits per heavy atom. The van der Waals surface area contributed by atoms with E-state index in [0.29, 0.717) is 23.8 Å². The number of methoxy groups -OCH3 is 1. The third-order valence-corrected chi connectivity index (χ3v) is 3.89. The van der Waals surface area contributed by atoms with Gasteiger partial charge < -0.3 is 20.3 Å². The van der Waals surface area contributed by atoms with Gasteiger partial charge in [-0.05, 0) is 24.3 Å². The first-order chi connectivity index (χ1) is 13.1. The lowest BCUT2D eigenvalue weighted by Crippen LogP contribution is -2.42. The van der Waals surface area contributed by atoms with Gasteiger partial charge in [0.1, 0.15) is 5.75 Å². The summed E-state index contributed by atoms with van der Waals surface area (Å²) in [5.74, 6) is 3.78. The number of rotatable bonds is 6. The molecule has 0 saturated heterocycles. The van der Waals surface area contributed by atoms with E-state index in [0.717, 1.165) is 11.3 Å². The molecule has 0 spiro atoms. The Balaban J connectivity index is 0.00000392. The smallest absolute Gasteiger partial charge is 0.243 e. The number of terminal acetylenes is 1. The highest BCUT2D eigenvalue weighted by molar-refractivity contribution is 14.0. The summed E-state index contributed by atoms with van der Waals surface area (Å²) in [7, 11) is 5.22. The highest BCUT2D eigenvalue weighted by atomic mass is 127. The Hall–Kier alpha value is -2.73. The van der Waals surface area contributed by atoms with Gasteiger partial charge in [0.05, 0.1) is 13.7 Å². The summed E-state index contributed by atoms with van der Waals surface area (Å²) in [6, 6.07) is 14.9. The Kier molecular flexibility index (Phi) is 9.88. The number of benzene rings is 2. The summed E-state index contributed by atoms with van der Waals surface area (Å²) in [6.07, 6.45) is 5.38. The molecule has 0 heterocycles. The molecule has 7 heteroatoms. The highest BCUT2D eigenvalue weighted by Crippen LogP contribution is 2.18. The molecule has 1 amide bonds. The molecule has 6 nitrogen and oxygen atoms in total. The van der Waals surface area contributed by atoms with Crippen molar-refractivity contribution in [1.82, 2.24) is 10.2 Å². The maximum Gasteiger partial charge on any atom is 0.243 e. The van der Waals surface area contributed by atoms with Crippen LogP contribution in [0, 0.1) is 12.3 Å². The van der Waals surface area contributed by atoms with Gasteiger partial charge in [-0.1, -0.05) is 30.2 Å². The third kappa shape index (κ3) is 6.78. The molecule has 0 aromatic heterocycles. The molecule has 0 aliphatic carbocycles. The molecular formula is C21H25IN4O2. The highest BCUT2D eigenvalue weighted by Gasteiger charge is 2.11. The Labute approximate surface area is 183 Å². The zero-order valence-electron chi connectivity index (χ0n) is 16.2. The van der Waals surface area contributed by atoms with Gasteiger partial charge in [0.25, 0.3) is 0 Å². The van der Waals surface area contributed by atoms with Crippen LogP contribution in [0.4, 0.5) is 5.69 Å². The summed E-state index contributed by atoms with van der Waals surface area (Å²) in [5, 5.41) is 5.87. The van der Waals surface area contributed by atoms with Crippen LogP contribution in [-0.4, -0.2) is 44.5 Å². The molecule has 0 aliphatic rings. The van der Waals surface area contributed by atoms with E-state index in [1.807, 2.05) is 42.3 Å². The Morgan fingerprint density at radius 3 is 2.68 bits per heavy atom. The van der Waals surface area contributed by atoms with Gasteiger partial charge in [-0.3, -0.25) is 9.79 Å². The molecule has 0 fully saturated rings. The Morgan fingerprint density at radius 2 is 2.00 bits per heavy atom. The van der Waals surface area contributed by atoms with Crippen molar-refractivity contribution >= 4 is 41.5 Å². The van der Waals surface area contributed by atoms with E-state index in [1.54, 1.807) is 32.4 Å². The van der Waals surface area contributed by atoms with Crippen LogP contribution in [0.15, 0.2) is 53.5 Å². The fourth-order valence-electron chi connectivity index (χ4n) is 2.60. The predicted molar refractivity (Wildman–Crippen MR) is 124 cm³/mol. The van der Waals surface area contributed by atoms with Crippen molar-refractivity contribution in [2.75, 3.05) is 33.1 Å². The number of amides is 1. The summed E-state index contributed by atoms with van der Waals surface area (Å²) >= 11 is 0. The van der Waals surface area contributed by atoms with Crippen LogP contribution < -0.4 is 15.4 Å². The maximum atomic E-state index is 12.2. The minimum absolute atomic E-state index is 0. The minimum Gasteiger partial charge on any atom is -0.496 e. The van der Waals surface area contributed by atoms with Gasteiger partial charge >= 0.3 is 0 Å². The molecule has 0 unspecified atom stereocenters. The normalized spacial score (nSPS) is 10.3. The second kappa shape index (κ2) is 11.9. The number of ether oxygens (including phenoxy) is 1.